The average molecular weight is 203 g/mol. The summed E-state index contributed by atoms with van der Waals surface area (Å²) in [5, 5.41) is 0. The van der Waals surface area contributed by atoms with Gasteiger partial charge in [0, 0.05) is 19.3 Å². The number of aliphatic imine (C=N–C) groups is 1. The van der Waals surface area contributed by atoms with Crippen LogP contribution in [0.4, 0.5) is 11.5 Å². The average Bonchev–Trinajstić information content (AvgIpc) is 2.31. The first-order chi connectivity index (χ1) is 7.42. The topological polar surface area (TPSA) is 45.6 Å². The summed E-state index contributed by atoms with van der Waals surface area (Å²) >= 11 is 0. The summed E-state index contributed by atoms with van der Waals surface area (Å²) in [5.41, 5.74) is 0.620. The number of isocyanates is 1. The minimum Gasteiger partial charge on any atom is -0.355 e. The molecular formula is C11H13N3O. The van der Waals surface area contributed by atoms with Crippen LogP contribution < -0.4 is 4.90 Å². The number of hydrogen-bond donors (Lipinski definition) is 0. The van der Waals surface area contributed by atoms with Gasteiger partial charge in [0.25, 0.3) is 0 Å². The van der Waals surface area contributed by atoms with Crippen LogP contribution in [0, 0.1) is 0 Å². The van der Waals surface area contributed by atoms with Crippen LogP contribution in [0.15, 0.2) is 23.3 Å². The van der Waals surface area contributed by atoms with Crippen LogP contribution in [0.1, 0.15) is 19.3 Å². The molecule has 1 aromatic heterocycles. The summed E-state index contributed by atoms with van der Waals surface area (Å²) in [4.78, 5) is 20.4. The number of rotatable bonds is 2. The molecule has 2 heterocycles. The number of anilines is 1. The van der Waals surface area contributed by atoms with Gasteiger partial charge in [-0.05, 0) is 31.4 Å². The SMILES string of the molecule is O=C=Nc1cccnc1N1CCCCC1. The van der Waals surface area contributed by atoms with Crippen LogP contribution in [0.3, 0.4) is 0 Å². The van der Waals surface area contributed by atoms with E-state index in [2.05, 4.69) is 14.9 Å². The second-order valence-corrected chi connectivity index (χ2v) is 3.60. The van der Waals surface area contributed by atoms with E-state index in [-0.39, 0.29) is 0 Å². The van der Waals surface area contributed by atoms with Crippen molar-refractivity contribution < 1.29 is 4.79 Å². The van der Waals surface area contributed by atoms with Gasteiger partial charge in [0.1, 0.15) is 5.69 Å². The Hall–Kier alpha value is -1.67. The summed E-state index contributed by atoms with van der Waals surface area (Å²) < 4.78 is 0. The highest BCUT2D eigenvalue weighted by Gasteiger charge is 2.14. The van der Waals surface area contributed by atoms with Gasteiger partial charge in [-0.3, -0.25) is 0 Å². The Labute approximate surface area is 88.7 Å². The van der Waals surface area contributed by atoms with Crippen molar-refractivity contribution in [2.24, 2.45) is 4.99 Å². The number of nitrogens with zero attached hydrogens (tertiary/aromatic N) is 3. The molecule has 0 N–H and O–H groups in total. The maximum atomic E-state index is 10.3. The first kappa shape index (κ1) is 9.87. The van der Waals surface area contributed by atoms with Crippen molar-refractivity contribution in [3.8, 4) is 0 Å². The van der Waals surface area contributed by atoms with Gasteiger partial charge < -0.3 is 4.90 Å². The molecule has 0 radical (unpaired) electrons. The third-order valence-electron chi connectivity index (χ3n) is 2.59. The fraction of sp³-hybridized carbons (Fsp3) is 0.455. The molecule has 0 spiro atoms. The van der Waals surface area contributed by atoms with Gasteiger partial charge in [-0.25, -0.2) is 9.78 Å². The van der Waals surface area contributed by atoms with Crippen LogP contribution in [0.5, 0.6) is 0 Å². The van der Waals surface area contributed by atoms with E-state index in [9.17, 15) is 4.79 Å². The summed E-state index contributed by atoms with van der Waals surface area (Å²) in [7, 11) is 0. The Bertz CT molecular complexity index is 379. The zero-order valence-electron chi connectivity index (χ0n) is 8.52. The Morgan fingerprint density at radius 1 is 1.33 bits per heavy atom. The molecule has 1 saturated heterocycles. The largest absolute Gasteiger partial charge is 0.355 e. The highest BCUT2D eigenvalue weighted by atomic mass is 16.1. The van der Waals surface area contributed by atoms with Crippen molar-refractivity contribution in [3.05, 3.63) is 18.3 Å². The predicted octanol–water partition coefficient (Wildman–Crippen LogP) is 2.04. The maximum absolute atomic E-state index is 10.3. The fourth-order valence-electron chi connectivity index (χ4n) is 1.87. The van der Waals surface area contributed by atoms with E-state index >= 15 is 0 Å². The third-order valence-corrected chi connectivity index (χ3v) is 2.59. The van der Waals surface area contributed by atoms with Crippen LogP contribution >= 0.6 is 0 Å². The molecular weight excluding hydrogens is 190 g/mol. The molecule has 1 fully saturated rings. The van der Waals surface area contributed by atoms with Crippen LogP contribution in [0.25, 0.3) is 0 Å². The van der Waals surface area contributed by atoms with Crippen molar-refractivity contribution in [2.75, 3.05) is 18.0 Å². The number of pyridine rings is 1. The lowest BCUT2D eigenvalue weighted by Crippen LogP contribution is -2.30. The molecule has 78 valence electrons. The molecule has 2 rings (SSSR count). The van der Waals surface area contributed by atoms with Gasteiger partial charge in [-0.2, -0.15) is 4.99 Å². The molecule has 1 aliphatic heterocycles. The van der Waals surface area contributed by atoms with Crippen LogP contribution in [0.2, 0.25) is 0 Å². The van der Waals surface area contributed by atoms with Crippen molar-refractivity contribution in [3.63, 3.8) is 0 Å². The zero-order chi connectivity index (χ0) is 10.5. The van der Waals surface area contributed by atoms with E-state index in [4.69, 9.17) is 0 Å². The molecule has 0 aromatic carbocycles. The Morgan fingerprint density at radius 2 is 2.13 bits per heavy atom. The summed E-state index contributed by atoms with van der Waals surface area (Å²) in [6, 6.07) is 3.57. The molecule has 0 saturated carbocycles. The molecule has 0 atom stereocenters. The first-order valence-electron chi connectivity index (χ1n) is 5.19. The molecule has 4 nitrogen and oxygen atoms in total. The second-order valence-electron chi connectivity index (χ2n) is 3.60. The fourth-order valence-corrected chi connectivity index (χ4v) is 1.87. The summed E-state index contributed by atoms with van der Waals surface area (Å²) in [6.07, 6.45) is 6.94. The number of carbonyl (C=O) groups excluding carboxylic acids is 1. The zero-order valence-corrected chi connectivity index (χ0v) is 8.52. The molecule has 1 aromatic rings. The summed E-state index contributed by atoms with van der Waals surface area (Å²) in [5.74, 6) is 0.806. The van der Waals surface area contributed by atoms with E-state index in [0.29, 0.717) is 5.69 Å². The Kier molecular flexibility index (Phi) is 3.10. The molecule has 4 heteroatoms. The van der Waals surface area contributed by atoms with Crippen LogP contribution in [-0.4, -0.2) is 24.2 Å². The van der Waals surface area contributed by atoms with E-state index in [1.165, 1.54) is 19.3 Å². The van der Waals surface area contributed by atoms with Gasteiger partial charge in [-0.1, -0.05) is 0 Å². The third kappa shape index (κ3) is 2.22. The van der Waals surface area contributed by atoms with Crippen molar-refractivity contribution in [1.29, 1.82) is 0 Å². The lowest BCUT2D eigenvalue weighted by Gasteiger charge is -2.28. The van der Waals surface area contributed by atoms with Crippen molar-refractivity contribution >= 4 is 17.6 Å². The molecule has 0 aliphatic carbocycles. The lowest BCUT2D eigenvalue weighted by molar-refractivity contribution is 0.564. The summed E-state index contributed by atoms with van der Waals surface area (Å²) in [6.45, 7) is 2.00. The Morgan fingerprint density at radius 3 is 2.87 bits per heavy atom. The number of aromatic nitrogens is 1. The van der Waals surface area contributed by atoms with Gasteiger partial charge in [0.05, 0.1) is 0 Å². The van der Waals surface area contributed by atoms with E-state index < -0.39 is 0 Å². The highest BCUT2D eigenvalue weighted by molar-refractivity contribution is 5.65. The van der Waals surface area contributed by atoms with E-state index in [0.717, 1.165) is 18.9 Å². The monoisotopic (exact) mass is 203 g/mol. The van der Waals surface area contributed by atoms with Gasteiger partial charge in [0.2, 0.25) is 6.08 Å². The minimum absolute atomic E-state index is 0.620. The van der Waals surface area contributed by atoms with Gasteiger partial charge in [0.15, 0.2) is 5.82 Å². The Balaban J connectivity index is 2.28. The molecule has 0 bridgehead atoms. The van der Waals surface area contributed by atoms with Crippen molar-refractivity contribution in [2.45, 2.75) is 19.3 Å². The second kappa shape index (κ2) is 4.71. The molecule has 0 amide bonds. The smallest absolute Gasteiger partial charge is 0.240 e. The van der Waals surface area contributed by atoms with Crippen LogP contribution in [-0.2, 0) is 4.79 Å². The number of hydrogen-bond acceptors (Lipinski definition) is 4. The van der Waals surface area contributed by atoms with Gasteiger partial charge in [-0.15, -0.1) is 0 Å². The highest BCUT2D eigenvalue weighted by Crippen LogP contribution is 2.27. The van der Waals surface area contributed by atoms with Crippen molar-refractivity contribution in [1.82, 2.24) is 4.98 Å². The maximum Gasteiger partial charge on any atom is 0.240 e. The molecule has 1 aliphatic rings. The quantitative estimate of drug-likeness (QED) is 0.545. The van der Waals surface area contributed by atoms with Gasteiger partial charge >= 0.3 is 0 Å². The molecule has 0 unspecified atom stereocenters. The van der Waals surface area contributed by atoms with E-state index in [1.807, 2.05) is 0 Å². The molecule has 15 heavy (non-hydrogen) atoms. The number of piperidine rings is 1. The first-order valence-corrected chi connectivity index (χ1v) is 5.19. The lowest BCUT2D eigenvalue weighted by atomic mass is 10.1. The minimum atomic E-state index is 0.620. The predicted molar refractivity (Wildman–Crippen MR) is 58.1 cm³/mol. The van der Waals surface area contributed by atoms with E-state index in [1.54, 1.807) is 24.4 Å². The standard InChI is InChI=1S/C11H13N3O/c15-9-13-10-5-4-6-12-11(10)14-7-2-1-3-8-14/h4-6H,1-3,7-8H2. The normalized spacial score (nSPS) is 15.9.